The van der Waals surface area contributed by atoms with E-state index in [1.165, 1.54) is 13.8 Å². The van der Waals surface area contributed by atoms with E-state index in [1.807, 2.05) is 0 Å². The summed E-state index contributed by atoms with van der Waals surface area (Å²) in [4.78, 5) is 47.8. The predicted octanol–water partition coefficient (Wildman–Crippen LogP) is 2.33. The largest absolute Gasteiger partial charge is 0.367 e. The average molecular weight is 305 g/mol. The minimum absolute atomic E-state index is 0.283. The minimum atomic E-state index is -1.47. The number of fused-ring (bicyclic) bond motifs is 1. The normalized spacial score (nSPS) is 15.0. The van der Waals surface area contributed by atoms with Crippen LogP contribution in [-0.2, 0) is 14.6 Å². The van der Waals surface area contributed by atoms with Crippen molar-refractivity contribution in [1.29, 1.82) is 0 Å². The topological polar surface area (TPSA) is 72.9 Å². The molecule has 0 spiro atoms. The molecule has 0 bridgehead atoms. The van der Waals surface area contributed by atoms with Crippen LogP contribution in [-0.4, -0.2) is 33.8 Å². The highest BCUT2D eigenvalue weighted by Crippen LogP contribution is 2.30. The molecule has 1 aliphatic rings. The highest BCUT2D eigenvalue weighted by molar-refractivity contribution is 6.23. The molecule has 6 heteroatoms. The molecule has 2 amide bonds. The molecule has 0 fully saturated rings. The first-order valence-electron chi connectivity index (χ1n) is 6.94. The van der Waals surface area contributed by atoms with Crippen molar-refractivity contribution < 1.29 is 24.2 Å². The fraction of sp³-hybridized carbons (Fsp3) is 0.438. The molecule has 1 aromatic rings. The molecule has 6 nitrogen and oxygen atoms in total. The van der Waals surface area contributed by atoms with Crippen LogP contribution in [0.4, 0.5) is 0 Å². The fourth-order valence-electron chi connectivity index (χ4n) is 2.05. The van der Waals surface area contributed by atoms with Crippen LogP contribution in [0.15, 0.2) is 24.3 Å². The van der Waals surface area contributed by atoms with Gasteiger partial charge in [-0.1, -0.05) is 12.1 Å². The zero-order chi connectivity index (χ0) is 16.7. The van der Waals surface area contributed by atoms with Gasteiger partial charge in [-0.2, -0.15) is 4.89 Å². The second kappa shape index (κ2) is 5.21. The summed E-state index contributed by atoms with van der Waals surface area (Å²) in [6.45, 7) is 8.05. The van der Waals surface area contributed by atoms with Gasteiger partial charge in [0.05, 0.1) is 11.1 Å². The van der Waals surface area contributed by atoms with Gasteiger partial charge in [-0.05, 0) is 46.8 Å². The quantitative estimate of drug-likeness (QED) is 0.487. The summed E-state index contributed by atoms with van der Waals surface area (Å²) >= 11 is 0. The SMILES string of the molecule is CC(C)(C)OOC(=O)C(C)(C)N1C(=O)c2ccccc2C1=O. The molecule has 0 saturated carbocycles. The van der Waals surface area contributed by atoms with Crippen molar-refractivity contribution in [3.05, 3.63) is 35.4 Å². The lowest BCUT2D eigenvalue weighted by Crippen LogP contribution is -2.54. The molecule has 0 N–H and O–H groups in total. The molecular formula is C16H19NO5. The minimum Gasteiger partial charge on any atom is -0.295 e. The highest BCUT2D eigenvalue weighted by atomic mass is 17.2. The van der Waals surface area contributed by atoms with Crippen molar-refractivity contribution in [2.24, 2.45) is 0 Å². The monoisotopic (exact) mass is 305 g/mol. The van der Waals surface area contributed by atoms with Crippen LogP contribution in [0.2, 0.25) is 0 Å². The molecule has 1 heterocycles. The number of hydrogen-bond donors (Lipinski definition) is 0. The van der Waals surface area contributed by atoms with Crippen molar-refractivity contribution in [3.63, 3.8) is 0 Å². The highest BCUT2D eigenvalue weighted by Gasteiger charge is 2.49. The number of hydrogen-bond acceptors (Lipinski definition) is 5. The summed E-state index contributed by atoms with van der Waals surface area (Å²) in [5.41, 5.74) is -1.60. The van der Waals surface area contributed by atoms with Crippen LogP contribution in [0.3, 0.4) is 0 Å². The number of amides is 2. The summed E-state index contributed by atoms with van der Waals surface area (Å²) in [6.07, 6.45) is 0. The molecule has 0 radical (unpaired) electrons. The Hall–Kier alpha value is -2.21. The second-order valence-corrected chi connectivity index (χ2v) is 6.62. The molecular weight excluding hydrogens is 286 g/mol. The van der Waals surface area contributed by atoms with Gasteiger partial charge >= 0.3 is 5.97 Å². The average Bonchev–Trinajstić information content (AvgIpc) is 2.68. The summed E-state index contributed by atoms with van der Waals surface area (Å²) in [6, 6.07) is 6.45. The number of benzene rings is 1. The molecule has 22 heavy (non-hydrogen) atoms. The maximum Gasteiger partial charge on any atom is 0.367 e. The standard InChI is InChI=1S/C16H19NO5/c1-15(2,3)22-21-14(20)16(4,5)17-12(18)10-8-6-7-9-11(10)13(17)19/h6-9H,1-5H3. The van der Waals surface area contributed by atoms with E-state index in [0.717, 1.165) is 4.90 Å². The van der Waals surface area contributed by atoms with Crippen LogP contribution in [0.5, 0.6) is 0 Å². The van der Waals surface area contributed by atoms with Crippen LogP contribution in [0.25, 0.3) is 0 Å². The number of carbonyl (C=O) groups is 3. The lowest BCUT2D eigenvalue weighted by atomic mass is 10.0. The summed E-state index contributed by atoms with van der Waals surface area (Å²) in [7, 11) is 0. The van der Waals surface area contributed by atoms with Crippen molar-refractivity contribution >= 4 is 17.8 Å². The molecule has 118 valence electrons. The Morgan fingerprint density at radius 1 is 0.955 bits per heavy atom. The first-order valence-corrected chi connectivity index (χ1v) is 6.94. The first kappa shape index (κ1) is 16.2. The Labute approximate surface area is 128 Å². The van der Waals surface area contributed by atoms with E-state index in [9.17, 15) is 14.4 Å². The zero-order valence-electron chi connectivity index (χ0n) is 13.3. The van der Waals surface area contributed by atoms with E-state index in [-0.39, 0.29) is 11.1 Å². The van der Waals surface area contributed by atoms with Crippen LogP contribution >= 0.6 is 0 Å². The van der Waals surface area contributed by atoms with Crippen molar-refractivity contribution in [3.8, 4) is 0 Å². The van der Waals surface area contributed by atoms with Gasteiger partial charge in [0, 0.05) is 0 Å². The Morgan fingerprint density at radius 3 is 1.82 bits per heavy atom. The third-order valence-corrected chi connectivity index (χ3v) is 3.22. The number of imide groups is 1. The Balaban J connectivity index is 2.26. The van der Waals surface area contributed by atoms with Crippen molar-refractivity contribution in [2.75, 3.05) is 0 Å². The van der Waals surface area contributed by atoms with Crippen molar-refractivity contribution in [1.82, 2.24) is 4.90 Å². The van der Waals surface area contributed by atoms with E-state index >= 15 is 0 Å². The van der Waals surface area contributed by atoms with Crippen LogP contribution in [0, 0.1) is 0 Å². The zero-order valence-corrected chi connectivity index (χ0v) is 13.3. The second-order valence-electron chi connectivity index (χ2n) is 6.62. The molecule has 1 aromatic carbocycles. The summed E-state index contributed by atoms with van der Waals surface area (Å²) in [5, 5.41) is 0. The van der Waals surface area contributed by atoms with E-state index in [1.54, 1.807) is 45.0 Å². The summed E-state index contributed by atoms with van der Waals surface area (Å²) < 4.78 is 0. The maximum atomic E-state index is 12.4. The Morgan fingerprint density at radius 2 is 1.41 bits per heavy atom. The van der Waals surface area contributed by atoms with Crippen molar-refractivity contribution in [2.45, 2.75) is 45.8 Å². The lowest BCUT2D eigenvalue weighted by Gasteiger charge is -2.31. The van der Waals surface area contributed by atoms with Gasteiger partial charge in [0.1, 0.15) is 11.1 Å². The Kier molecular flexibility index (Phi) is 3.83. The molecule has 0 atom stereocenters. The molecule has 1 aliphatic heterocycles. The number of nitrogens with zero attached hydrogens (tertiary/aromatic N) is 1. The van der Waals surface area contributed by atoms with Gasteiger partial charge in [-0.3, -0.25) is 19.4 Å². The smallest absolute Gasteiger partial charge is 0.295 e. The Bertz CT molecular complexity index is 607. The molecule has 2 rings (SSSR count). The third kappa shape index (κ3) is 2.74. The van der Waals surface area contributed by atoms with Gasteiger partial charge in [-0.15, -0.1) is 0 Å². The summed E-state index contributed by atoms with van der Waals surface area (Å²) in [5.74, 6) is -1.84. The van der Waals surface area contributed by atoms with E-state index in [2.05, 4.69) is 0 Å². The van der Waals surface area contributed by atoms with E-state index in [4.69, 9.17) is 9.78 Å². The third-order valence-electron chi connectivity index (χ3n) is 3.22. The van der Waals surface area contributed by atoms with Gasteiger partial charge in [0.2, 0.25) is 0 Å². The predicted molar refractivity (Wildman–Crippen MR) is 78.0 cm³/mol. The first-order chi connectivity index (χ1) is 10.1. The van der Waals surface area contributed by atoms with E-state index < -0.39 is 28.9 Å². The van der Waals surface area contributed by atoms with Gasteiger partial charge in [-0.25, -0.2) is 4.79 Å². The fourth-order valence-corrected chi connectivity index (χ4v) is 2.05. The molecule has 0 aliphatic carbocycles. The lowest BCUT2D eigenvalue weighted by molar-refractivity contribution is -0.325. The molecule has 0 saturated heterocycles. The van der Waals surface area contributed by atoms with Crippen LogP contribution in [0.1, 0.15) is 55.3 Å². The number of rotatable bonds is 3. The van der Waals surface area contributed by atoms with Gasteiger partial charge in [0.15, 0.2) is 0 Å². The van der Waals surface area contributed by atoms with Crippen LogP contribution < -0.4 is 0 Å². The number of carbonyl (C=O) groups excluding carboxylic acids is 3. The van der Waals surface area contributed by atoms with E-state index in [0.29, 0.717) is 0 Å². The molecule has 0 aromatic heterocycles. The maximum absolute atomic E-state index is 12.4. The molecule has 0 unspecified atom stereocenters. The van der Waals surface area contributed by atoms with Gasteiger partial charge in [0.25, 0.3) is 11.8 Å². The van der Waals surface area contributed by atoms with Gasteiger partial charge < -0.3 is 0 Å².